The van der Waals surface area contributed by atoms with Crippen molar-refractivity contribution in [2.75, 3.05) is 6.54 Å². The Balaban J connectivity index is 1.28. The number of nitrogens with zero attached hydrogens (tertiary/aromatic N) is 4. The first-order chi connectivity index (χ1) is 14.7. The van der Waals surface area contributed by atoms with Crippen LogP contribution in [0, 0.1) is 12.8 Å². The number of fused-ring (bicyclic) bond motifs is 2. The van der Waals surface area contributed by atoms with Crippen LogP contribution in [0.3, 0.4) is 0 Å². The van der Waals surface area contributed by atoms with Gasteiger partial charge in [-0.3, -0.25) is 4.79 Å². The van der Waals surface area contributed by atoms with E-state index in [-0.39, 0.29) is 11.7 Å². The first kappa shape index (κ1) is 17.3. The van der Waals surface area contributed by atoms with Crippen LogP contribution in [0.25, 0.3) is 5.78 Å². The molecule has 0 spiro atoms. The molecular formula is C24H21N5O. The summed E-state index contributed by atoms with van der Waals surface area (Å²) < 4.78 is 1.60. The van der Waals surface area contributed by atoms with Crippen LogP contribution in [0.5, 0.6) is 0 Å². The molecule has 4 aromatic rings. The van der Waals surface area contributed by atoms with Gasteiger partial charge in [-0.2, -0.15) is 4.98 Å². The van der Waals surface area contributed by atoms with E-state index in [1.807, 2.05) is 13.0 Å². The summed E-state index contributed by atoms with van der Waals surface area (Å²) in [6, 6.07) is 19.3. The average molecular weight is 395 g/mol. The third-order valence-corrected chi connectivity index (χ3v) is 6.58. The third kappa shape index (κ3) is 2.49. The molecule has 7 rings (SSSR count). The topological polar surface area (TPSA) is 72.2 Å². The van der Waals surface area contributed by atoms with Crippen LogP contribution in [-0.4, -0.2) is 32.0 Å². The van der Waals surface area contributed by atoms with Crippen molar-refractivity contribution in [3.05, 3.63) is 94.6 Å². The highest BCUT2D eigenvalue weighted by atomic mass is 16.2. The van der Waals surface area contributed by atoms with E-state index in [1.54, 1.807) is 10.7 Å². The zero-order valence-corrected chi connectivity index (χ0v) is 16.6. The number of carbonyl (C=O) groups excluding carboxylic acids is 1. The monoisotopic (exact) mass is 395 g/mol. The number of hydrogen-bond donors (Lipinski definition) is 1. The SMILES string of the molecule is Cc1ccnc2nc(C(=O)NCC3CC4c5ccccc5C3c3ccccc34)nn12. The highest BCUT2D eigenvalue weighted by molar-refractivity contribution is 5.90. The second-order valence-electron chi connectivity index (χ2n) is 8.23. The van der Waals surface area contributed by atoms with Crippen molar-refractivity contribution >= 4 is 11.7 Å². The maximum atomic E-state index is 12.8. The fraction of sp³-hybridized carbons (Fsp3) is 0.250. The summed E-state index contributed by atoms with van der Waals surface area (Å²) in [7, 11) is 0. The van der Waals surface area contributed by atoms with Crippen molar-refractivity contribution in [2.45, 2.75) is 25.2 Å². The largest absolute Gasteiger partial charge is 0.349 e. The molecule has 3 aliphatic rings. The highest BCUT2D eigenvalue weighted by Gasteiger charge is 2.42. The maximum absolute atomic E-state index is 12.8. The Hall–Kier alpha value is -3.54. The van der Waals surface area contributed by atoms with E-state index < -0.39 is 0 Å². The van der Waals surface area contributed by atoms with E-state index in [1.165, 1.54) is 22.3 Å². The Kier molecular flexibility index (Phi) is 3.75. The molecule has 1 amide bonds. The van der Waals surface area contributed by atoms with E-state index in [4.69, 9.17) is 0 Å². The minimum Gasteiger partial charge on any atom is -0.349 e. The van der Waals surface area contributed by atoms with Crippen molar-refractivity contribution in [3.63, 3.8) is 0 Å². The lowest BCUT2D eigenvalue weighted by Crippen LogP contribution is -2.39. The molecule has 1 atom stereocenters. The van der Waals surface area contributed by atoms with Gasteiger partial charge in [-0.15, -0.1) is 5.10 Å². The standard InChI is InChI=1S/C24H21N5O/c1-14-10-11-25-24-27-22(28-29(14)24)23(30)26-13-15-12-20-16-6-2-4-8-18(16)21(15)19-9-5-3-7-17(19)20/h2-11,15,20-21H,12-13H2,1H3,(H,26,30). The summed E-state index contributed by atoms with van der Waals surface area (Å²) in [4.78, 5) is 21.3. The molecule has 6 nitrogen and oxygen atoms in total. The predicted molar refractivity (Wildman–Crippen MR) is 113 cm³/mol. The molecule has 0 fully saturated rings. The molecule has 148 valence electrons. The zero-order valence-electron chi connectivity index (χ0n) is 16.6. The van der Waals surface area contributed by atoms with E-state index in [0.717, 1.165) is 12.1 Å². The van der Waals surface area contributed by atoms with Gasteiger partial charge in [-0.05, 0) is 47.6 Å². The molecular weight excluding hydrogens is 374 g/mol. The number of hydrogen-bond acceptors (Lipinski definition) is 4. The molecule has 0 radical (unpaired) electrons. The lowest BCUT2D eigenvalue weighted by atomic mass is 9.59. The molecule has 2 bridgehead atoms. The molecule has 0 saturated carbocycles. The van der Waals surface area contributed by atoms with Gasteiger partial charge in [0, 0.05) is 30.3 Å². The molecule has 30 heavy (non-hydrogen) atoms. The quantitative estimate of drug-likeness (QED) is 0.577. The summed E-state index contributed by atoms with van der Waals surface area (Å²) in [6.45, 7) is 2.52. The van der Waals surface area contributed by atoms with Crippen molar-refractivity contribution in [1.29, 1.82) is 0 Å². The first-order valence-corrected chi connectivity index (χ1v) is 10.3. The van der Waals surface area contributed by atoms with Crippen LogP contribution in [0.2, 0.25) is 0 Å². The second kappa shape index (κ2) is 6.49. The smallest absolute Gasteiger partial charge is 0.291 e. The minimum atomic E-state index is -0.247. The molecule has 1 unspecified atom stereocenters. The van der Waals surface area contributed by atoms with Gasteiger partial charge in [0.25, 0.3) is 11.7 Å². The van der Waals surface area contributed by atoms with Gasteiger partial charge < -0.3 is 5.32 Å². The van der Waals surface area contributed by atoms with Gasteiger partial charge >= 0.3 is 0 Å². The number of amides is 1. The molecule has 6 heteroatoms. The van der Waals surface area contributed by atoms with E-state index >= 15 is 0 Å². The molecule has 0 aliphatic heterocycles. The Morgan fingerprint density at radius 3 is 2.37 bits per heavy atom. The third-order valence-electron chi connectivity index (χ3n) is 6.58. The van der Waals surface area contributed by atoms with Crippen molar-refractivity contribution < 1.29 is 4.79 Å². The van der Waals surface area contributed by atoms with Gasteiger partial charge in [-0.25, -0.2) is 9.50 Å². The summed E-state index contributed by atoms with van der Waals surface area (Å²) in [6.07, 6.45) is 2.72. The number of nitrogens with one attached hydrogen (secondary N) is 1. The predicted octanol–water partition coefficient (Wildman–Crippen LogP) is 3.46. The first-order valence-electron chi connectivity index (χ1n) is 10.3. The van der Waals surface area contributed by atoms with Crippen LogP contribution in [0.1, 0.15) is 56.8 Å². The Morgan fingerprint density at radius 2 is 1.70 bits per heavy atom. The maximum Gasteiger partial charge on any atom is 0.291 e. The zero-order chi connectivity index (χ0) is 20.2. The lowest BCUT2D eigenvalue weighted by Gasteiger charge is -2.45. The number of carbonyl (C=O) groups is 1. The summed E-state index contributed by atoms with van der Waals surface area (Å²) in [5, 5.41) is 7.42. The normalized spacial score (nSPS) is 21.3. The number of benzene rings is 2. The van der Waals surface area contributed by atoms with Crippen molar-refractivity contribution in [1.82, 2.24) is 24.9 Å². The fourth-order valence-corrected chi connectivity index (χ4v) is 5.27. The Morgan fingerprint density at radius 1 is 1.03 bits per heavy atom. The average Bonchev–Trinajstić information content (AvgIpc) is 3.24. The van der Waals surface area contributed by atoms with E-state index in [2.05, 4.69) is 68.9 Å². The lowest BCUT2D eigenvalue weighted by molar-refractivity contribution is 0.0932. The molecule has 1 N–H and O–H groups in total. The molecule has 3 aliphatic carbocycles. The van der Waals surface area contributed by atoms with Gasteiger partial charge in [0.2, 0.25) is 5.82 Å². The van der Waals surface area contributed by atoms with Crippen molar-refractivity contribution in [2.24, 2.45) is 5.92 Å². The number of rotatable bonds is 3. The second-order valence-corrected chi connectivity index (χ2v) is 8.23. The van der Waals surface area contributed by atoms with Gasteiger partial charge in [0.15, 0.2) is 0 Å². The molecule has 2 heterocycles. The van der Waals surface area contributed by atoms with Crippen LogP contribution in [0.15, 0.2) is 60.8 Å². The Bertz CT molecular complexity index is 1250. The molecule has 2 aromatic heterocycles. The van der Waals surface area contributed by atoms with E-state index in [0.29, 0.717) is 30.1 Å². The van der Waals surface area contributed by atoms with Crippen LogP contribution in [0.4, 0.5) is 0 Å². The van der Waals surface area contributed by atoms with E-state index in [9.17, 15) is 4.79 Å². The van der Waals surface area contributed by atoms with Gasteiger partial charge in [0.05, 0.1) is 0 Å². The van der Waals surface area contributed by atoms with Crippen LogP contribution < -0.4 is 5.32 Å². The van der Waals surface area contributed by atoms with Gasteiger partial charge in [0.1, 0.15) is 0 Å². The summed E-state index contributed by atoms with van der Waals surface area (Å²) in [5.74, 6) is 1.41. The van der Waals surface area contributed by atoms with Gasteiger partial charge in [-0.1, -0.05) is 48.5 Å². The minimum absolute atomic E-state index is 0.165. The Labute approximate surface area is 174 Å². The molecule has 2 aromatic carbocycles. The number of aryl methyl sites for hydroxylation is 1. The van der Waals surface area contributed by atoms with Crippen LogP contribution >= 0.6 is 0 Å². The van der Waals surface area contributed by atoms with Crippen molar-refractivity contribution in [3.8, 4) is 0 Å². The number of aromatic nitrogens is 4. The van der Waals surface area contributed by atoms with Crippen LogP contribution in [-0.2, 0) is 0 Å². The highest BCUT2D eigenvalue weighted by Crippen LogP contribution is 2.55. The summed E-state index contributed by atoms with van der Waals surface area (Å²) in [5.41, 5.74) is 6.57. The summed E-state index contributed by atoms with van der Waals surface area (Å²) >= 11 is 0. The molecule has 0 saturated heterocycles. The fourth-order valence-electron chi connectivity index (χ4n) is 5.27.